The van der Waals surface area contributed by atoms with Gasteiger partial charge in [0.05, 0.1) is 10.9 Å². The largest absolute Gasteiger partial charge is 0.504 e. The van der Waals surface area contributed by atoms with Gasteiger partial charge in [0.1, 0.15) is 0 Å². The quantitative estimate of drug-likeness (QED) is 0.412. The van der Waals surface area contributed by atoms with E-state index in [1.807, 2.05) is 43.3 Å². The molecule has 0 unspecified atom stereocenters. The zero-order valence-corrected chi connectivity index (χ0v) is 16.1. The van der Waals surface area contributed by atoms with E-state index in [1.54, 1.807) is 10.6 Å². The number of aromatic nitrogens is 1. The van der Waals surface area contributed by atoms with E-state index in [0.717, 1.165) is 21.7 Å². The SMILES string of the molecule is CN(C)CCn1c(=O)c2c(O)c(O)ccc2c2ccc3cc4c(cc3c21)OCO4. The fraction of sp³-hybridized carbons (Fsp3) is 0.227. The summed E-state index contributed by atoms with van der Waals surface area (Å²) >= 11 is 0. The van der Waals surface area contributed by atoms with E-state index in [1.165, 1.54) is 6.07 Å². The summed E-state index contributed by atoms with van der Waals surface area (Å²) < 4.78 is 12.7. The lowest BCUT2D eigenvalue weighted by Gasteiger charge is -2.18. The molecule has 1 aliphatic rings. The predicted octanol–water partition coefficient (Wildman–Crippen LogP) is 3.01. The van der Waals surface area contributed by atoms with E-state index in [2.05, 4.69) is 0 Å². The number of hydrogen-bond acceptors (Lipinski definition) is 6. The van der Waals surface area contributed by atoms with Crippen molar-refractivity contribution in [2.75, 3.05) is 27.4 Å². The summed E-state index contributed by atoms with van der Waals surface area (Å²) in [5, 5.41) is 23.7. The number of rotatable bonds is 3. The number of likely N-dealkylation sites (N-methyl/N-ethyl adjacent to an activating group) is 1. The second-order valence-corrected chi connectivity index (χ2v) is 7.50. The molecule has 1 aromatic heterocycles. The summed E-state index contributed by atoms with van der Waals surface area (Å²) in [7, 11) is 3.88. The summed E-state index contributed by atoms with van der Waals surface area (Å²) in [6.45, 7) is 1.25. The molecule has 1 aliphatic heterocycles. The van der Waals surface area contributed by atoms with Gasteiger partial charge in [-0.1, -0.05) is 12.1 Å². The number of nitrogens with zero attached hydrogens (tertiary/aromatic N) is 2. The molecule has 0 spiro atoms. The second-order valence-electron chi connectivity index (χ2n) is 7.50. The van der Waals surface area contributed by atoms with Gasteiger partial charge in [-0.05, 0) is 43.7 Å². The Kier molecular flexibility index (Phi) is 3.82. The van der Waals surface area contributed by atoms with E-state index in [9.17, 15) is 15.0 Å². The number of fused-ring (bicyclic) bond motifs is 6. The van der Waals surface area contributed by atoms with Crippen molar-refractivity contribution in [1.29, 1.82) is 0 Å². The van der Waals surface area contributed by atoms with Crippen molar-refractivity contribution in [3.8, 4) is 23.0 Å². The van der Waals surface area contributed by atoms with Gasteiger partial charge in [-0.15, -0.1) is 0 Å². The third-order valence-corrected chi connectivity index (χ3v) is 5.43. The summed E-state index contributed by atoms with van der Waals surface area (Å²) in [6.07, 6.45) is 0. The Morgan fingerprint density at radius 2 is 1.72 bits per heavy atom. The molecule has 0 bridgehead atoms. The number of aromatic hydroxyl groups is 2. The summed E-state index contributed by atoms with van der Waals surface area (Å²) in [5.41, 5.74) is 0.429. The zero-order chi connectivity index (χ0) is 20.3. The van der Waals surface area contributed by atoms with Crippen LogP contribution in [0.1, 0.15) is 0 Å². The minimum absolute atomic E-state index is 0.122. The van der Waals surface area contributed by atoms with Crippen LogP contribution in [0.5, 0.6) is 23.0 Å². The molecule has 2 heterocycles. The van der Waals surface area contributed by atoms with Gasteiger partial charge < -0.3 is 29.2 Å². The lowest BCUT2D eigenvalue weighted by molar-refractivity contribution is 0.174. The van der Waals surface area contributed by atoms with E-state index in [0.29, 0.717) is 30.0 Å². The molecular weight excluding hydrogens is 372 g/mol. The van der Waals surface area contributed by atoms with Crippen molar-refractivity contribution in [1.82, 2.24) is 9.47 Å². The first kappa shape index (κ1) is 17.6. The van der Waals surface area contributed by atoms with E-state index < -0.39 is 5.75 Å². The topological polar surface area (TPSA) is 84.2 Å². The third-order valence-electron chi connectivity index (χ3n) is 5.43. The highest BCUT2D eigenvalue weighted by atomic mass is 16.7. The number of ether oxygens (including phenoxy) is 2. The molecule has 0 saturated heterocycles. The van der Waals surface area contributed by atoms with Crippen LogP contribution in [0, 0.1) is 0 Å². The first-order valence-electron chi connectivity index (χ1n) is 9.34. The number of pyridine rings is 1. The molecule has 29 heavy (non-hydrogen) atoms. The first-order chi connectivity index (χ1) is 14.0. The maximum atomic E-state index is 13.4. The highest BCUT2D eigenvalue weighted by Gasteiger charge is 2.20. The molecule has 0 fully saturated rings. The number of benzene rings is 3. The summed E-state index contributed by atoms with van der Waals surface area (Å²) in [6, 6.07) is 10.8. The van der Waals surface area contributed by atoms with Crippen molar-refractivity contribution in [3.05, 3.63) is 46.8 Å². The lowest BCUT2D eigenvalue weighted by atomic mass is 9.99. The number of phenols is 2. The van der Waals surface area contributed by atoms with Crippen LogP contribution in [0.2, 0.25) is 0 Å². The van der Waals surface area contributed by atoms with Gasteiger partial charge in [-0.3, -0.25) is 4.79 Å². The maximum absolute atomic E-state index is 13.4. The van der Waals surface area contributed by atoms with Crippen LogP contribution in [-0.2, 0) is 6.54 Å². The Morgan fingerprint density at radius 1 is 1.00 bits per heavy atom. The molecule has 7 heteroatoms. The molecule has 5 rings (SSSR count). The van der Waals surface area contributed by atoms with Crippen molar-refractivity contribution in [3.63, 3.8) is 0 Å². The standard InChI is InChI=1S/C22H20N2O5/c1-23(2)7-8-24-20-14(13-5-6-16(25)21(26)19(13)22(24)27)4-3-12-9-17-18(10-15(12)20)29-11-28-17/h3-6,9-10,25-26H,7-8,11H2,1-2H3. The monoisotopic (exact) mass is 392 g/mol. The fourth-order valence-electron chi connectivity index (χ4n) is 3.98. The van der Waals surface area contributed by atoms with Crippen molar-refractivity contribution in [2.24, 2.45) is 0 Å². The van der Waals surface area contributed by atoms with Crippen molar-refractivity contribution in [2.45, 2.75) is 6.54 Å². The van der Waals surface area contributed by atoms with Crippen LogP contribution in [0.4, 0.5) is 0 Å². The van der Waals surface area contributed by atoms with Crippen LogP contribution >= 0.6 is 0 Å². The van der Waals surface area contributed by atoms with E-state index in [4.69, 9.17) is 9.47 Å². The number of phenolic OH excluding ortho intramolecular Hbond substituents is 2. The zero-order valence-electron chi connectivity index (χ0n) is 16.1. The second kappa shape index (κ2) is 6.28. The molecule has 7 nitrogen and oxygen atoms in total. The van der Waals surface area contributed by atoms with E-state index >= 15 is 0 Å². The van der Waals surface area contributed by atoms with Crippen LogP contribution in [0.3, 0.4) is 0 Å². The Bertz CT molecular complexity index is 1360. The average Bonchev–Trinajstić information content (AvgIpc) is 3.15. The predicted molar refractivity (Wildman–Crippen MR) is 111 cm³/mol. The van der Waals surface area contributed by atoms with Gasteiger partial charge in [0.15, 0.2) is 23.0 Å². The minimum Gasteiger partial charge on any atom is -0.504 e. The minimum atomic E-state index is -0.390. The third kappa shape index (κ3) is 2.58. The Balaban J connectivity index is 1.97. The van der Waals surface area contributed by atoms with Gasteiger partial charge in [-0.2, -0.15) is 0 Å². The molecule has 2 N–H and O–H groups in total. The molecule has 0 saturated carbocycles. The highest BCUT2D eigenvalue weighted by molar-refractivity contribution is 6.17. The van der Waals surface area contributed by atoms with Crippen molar-refractivity contribution >= 4 is 32.4 Å². The molecule has 0 aliphatic carbocycles. The average molecular weight is 392 g/mol. The van der Waals surface area contributed by atoms with Gasteiger partial charge in [0, 0.05) is 29.2 Å². The Labute approximate surface area is 165 Å². The molecular formula is C22H20N2O5. The highest BCUT2D eigenvalue weighted by Crippen LogP contribution is 2.41. The normalized spacial score (nSPS) is 13.2. The van der Waals surface area contributed by atoms with Crippen LogP contribution in [0.25, 0.3) is 32.4 Å². The summed E-state index contributed by atoms with van der Waals surface area (Å²) in [5.74, 6) is 0.628. The number of hydrogen-bond donors (Lipinski definition) is 2. The fourth-order valence-corrected chi connectivity index (χ4v) is 3.98. The van der Waals surface area contributed by atoms with Gasteiger partial charge >= 0.3 is 0 Å². The van der Waals surface area contributed by atoms with Gasteiger partial charge in [0.25, 0.3) is 5.56 Å². The first-order valence-corrected chi connectivity index (χ1v) is 9.34. The van der Waals surface area contributed by atoms with Crippen LogP contribution < -0.4 is 15.0 Å². The molecule has 0 amide bonds. The van der Waals surface area contributed by atoms with Gasteiger partial charge in [0.2, 0.25) is 6.79 Å². The Morgan fingerprint density at radius 3 is 2.48 bits per heavy atom. The molecule has 148 valence electrons. The molecule has 4 aromatic rings. The van der Waals surface area contributed by atoms with Crippen molar-refractivity contribution < 1.29 is 19.7 Å². The maximum Gasteiger partial charge on any atom is 0.262 e. The van der Waals surface area contributed by atoms with Crippen LogP contribution in [-0.4, -0.2) is 47.1 Å². The molecule has 3 aromatic carbocycles. The lowest BCUT2D eigenvalue weighted by Crippen LogP contribution is -2.27. The molecule has 0 radical (unpaired) electrons. The smallest absolute Gasteiger partial charge is 0.262 e. The van der Waals surface area contributed by atoms with Gasteiger partial charge in [-0.25, -0.2) is 0 Å². The summed E-state index contributed by atoms with van der Waals surface area (Å²) in [4.78, 5) is 15.4. The van der Waals surface area contributed by atoms with Crippen LogP contribution in [0.15, 0.2) is 41.2 Å². The molecule has 0 atom stereocenters. The Hall–Kier alpha value is -3.45. The van der Waals surface area contributed by atoms with E-state index in [-0.39, 0.29) is 23.5 Å².